The second-order valence-electron chi connectivity index (χ2n) is 11.8. The van der Waals surface area contributed by atoms with Crippen LogP contribution in [0.2, 0.25) is 0 Å². The molecule has 1 nitrogen and oxygen atoms in total. The number of aliphatic imine (C=N–C) groups is 1. The maximum absolute atomic E-state index is 5.39. The van der Waals surface area contributed by atoms with Crippen molar-refractivity contribution in [2.45, 2.75) is 32.1 Å². The minimum atomic E-state index is -0.0862. The first-order valence-electron chi connectivity index (χ1n) is 15.2. The molecule has 208 valence electrons. The summed E-state index contributed by atoms with van der Waals surface area (Å²) in [5, 5.41) is 0. The molecule has 0 N–H and O–H groups in total. The van der Waals surface area contributed by atoms with Crippen LogP contribution < -0.4 is 0 Å². The summed E-state index contributed by atoms with van der Waals surface area (Å²) in [6.45, 7) is 4.51. The van der Waals surface area contributed by atoms with Gasteiger partial charge in [0.05, 0.1) is 5.70 Å². The van der Waals surface area contributed by atoms with E-state index < -0.39 is 0 Å². The van der Waals surface area contributed by atoms with Gasteiger partial charge in [0, 0.05) is 28.7 Å². The Balaban J connectivity index is 1.39. The molecule has 0 amide bonds. The lowest BCUT2D eigenvalue weighted by Crippen LogP contribution is -2.20. The Labute approximate surface area is 255 Å². The minimum Gasteiger partial charge on any atom is -0.252 e. The van der Waals surface area contributed by atoms with Crippen LogP contribution in [0, 0.1) is 0 Å². The Kier molecular flexibility index (Phi) is 7.09. The molecule has 0 aromatic heterocycles. The second kappa shape index (κ2) is 11.3. The Hall–Kier alpha value is -5.01. The molecule has 1 heterocycles. The van der Waals surface area contributed by atoms with Crippen molar-refractivity contribution < 1.29 is 0 Å². The van der Waals surface area contributed by atoms with Gasteiger partial charge in [0.2, 0.25) is 0 Å². The highest BCUT2D eigenvalue weighted by Gasteiger charge is 2.28. The molecule has 5 aromatic rings. The van der Waals surface area contributed by atoms with Crippen LogP contribution in [0.15, 0.2) is 157 Å². The van der Waals surface area contributed by atoms with Gasteiger partial charge in [-0.2, -0.15) is 0 Å². The Morgan fingerprint density at radius 3 is 1.86 bits per heavy atom. The highest BCUT2D eigenvalue weighted by atomic mass is 14.8. The molecular weight excluding hydrogens is 518 g/mol. The van der Waals surface area contributed by atoms with Crippen molar-refractivity contribution >= 4 is 22.6 Å². The summed E-state index contributed by atoms with van der Waals surface area (Å²) in [4.78, 5) is 5.39. The van der Waals surface area contributed by atoms with Gasteiger partial charge in [-0.05, 0) is 63.9 Å². The molecule has 5 aromatic carbocycles. The van der Waals surface area contributed by atoms with E-state index in [4.69, 9.17) is 4.99 Å². The van der Waals surface area contributed by atoms with Gasteiger partial charge in [0.15, 0.2) is 0 Å². The molecule has 7 rings (SSSR count). The van der Waals surface area contributed by atoms with Gasteiger partial charge in [0.1, 0.15) is 0 Å². The molecule has 0 spiro atoms. The van der Waals surface area contributed by atoms with Gasteiger partial charge in [-0.15, -0.1) is 0 Å². The largest absolute Gasteiger partial charge is 0.252 e. The summed E-state index contributed by atoms with van der Waals surface area (Å²) in [6.07, 6.45) is 8.84. The molecule has 1 aliphatic carbocycles. The van der Waals surface area contributed by atoms with Gasteiger partial charge in [0.25, 0.3) is 0 Å². The fourth-order valence-electron chi connectivity index (χ4n) is 6.44. The summed E-state index contributed by atoms with van der Waals surface area (Å²) < 4.78 is 0. The third-order valence-corrected chi connectivity index (χ3v) is 8.96. The quantitative estimate of drug-likeness (QED) is 0.210. The van der Waals surface area contributed by atoms with Crippen LogP contribution in [0.25, 0.3) is 28.0 Å². The van der Waals surface area contributed by atoms with E-state index >= 15 is 0 Å². The number of rotatable bonds is 4. The highest BCUT2D eigenvalue weighted by molar-refractivity contribution is 6.09. The average molecular weight is 554 g/mol. The molecule has 0 fully saturated rings. The van der Waals surface area contributed by atoms with Gasteiger partial charge in [-0.25, -0.2) is 0 Å². The van der Waals surface area contributed by atoms with Crippen LogP contribution in [0.1, 0.15) is 53.6 Å². The van der Waals surface area contributed by atoms with Crippen LogP contribution in [-0.2, 0) is 11.8 Å². The van der Waals surface area contributed by atoms with Gasteiger partial charge >= 0.3 is 0 Å². The minimum absolute atomic E-state index is 0.0862. The summed E-state index contributed by atoms with van der Waals surface area (Å²) in [5.41, 5.74) is 14.5. The van der Waals surface area contributed by atoms with Gasteiger partial charge in [-0.3, -0.25) is 4.99 Å². The zero-order valence-corrected chi connectivity index (χ0v) is 24.8. The zero-order chi connectivity index (χ0) is 29.2. The van der Waals surface area contributed by atoms with E-state index in [0.29, 0.717) is 0 Å². The molecule has 2 aliphatic rings. The van der Waals surface area contributed by atoms with E-state index in [9.17, 15) is 0 Å². The van der Waals surface area contributed by atoms with Crippen LogP contribution in [0.4, 0.5) is 0 Å². The van der Waals surface area contributed by atoms with Crippen molar-refractivity contribution in [1.82, 2.24) is 0 Å². The standard InChI is InChI=1S/C42H35N/c1-30-37-20-12-13-21-38(37)39-29-36(42(2)26-24-32(25-27-42)31-14-6-3-7-15-31)23-22-35(39)28-40(33-16-8-4-9-17-33)41(43-30)34-18-10-5-11-19-34/h3-26,29H,27-28H2,1-2H3/b41-40+,43-30?. The smallest absolute Gasteiger partial charge is 0.0746 e. The predicted octanol–water partition coefficient (Wildman–Crippen LogP) is 10.6. The molecule has 0 bridgehead atoms. The SMILES string of the molecule is CC1=N/C(c2ccccc2)=C(/c2ccccc2)Cc2ccc(C3(C)C=CC(c4ccccc4)=CC3)cc2-c2ccccc21. The second-order valence-corrected chi connectivity index (χ2v) is 11.8. The van der Waals surface area contributed by atoms with Crippen LogP contribution in [0.5, 0.6) is 0 Å². The molecule has 0 saturated carbocycles. The van der Waals surface area contributed by atoms with Gasteiger partial charge < -0.3 is 0 Å². The fraction of sp³-hybridized carbons (Fsp3) is 0.119. The first-order valence-corrected chi connectivity index (χ1v) is 15.2. The van der Waals surface area contributed by atoms with E-state index in [0.717, 1.165) is 29.8 Å². The van der Waals surface area contributed by atoms with Crippen molar-refractivity contribution in [3.8, 4) is 11.1 Å². The lowest BCUT2D eigenvalue weighted by Gasteiger charge is -2.30. The van der Waals surface area contributed by atoms with Crippen molar-refractivity contribution in [3.63, 3.8) is 0 Å². The summed E-state index contributed by atoms with van der Waals surface area (Å²) in [5.74, 6) is 0. The van der Waals surface area contributed by atoms with Gasteiger partial charge in [-0.1, -0.05) is 153 Å². The lowest BCUT2D eigenvalue weighted by molar-refractivity contribution is 0.601. The first kappa shape index (κ1) is 26.9. The number of benzene rings is 5. The fourth-order valence-corrected chi connectivity index (χ4v) is 6.44. The number of nitrogens with zero attached hydrogens (tertiary/aromatic N) is 1. The van der Waals surface area contributed by atoms with E-state index in [1.807, 2.05) is 0 Å². The van der Waals surface area contributed by atoms with Crippen molar-refractivity contribution in [1.29, 1.82) is 0 Å². The third-order valence-electron chi connectivity index (χ3n) is 8.96. The number of hydrogen-bond donors (Lipinski definition) is 0. The monoisotopic (exact) mass is 553 g/mol. The molecule has 0 radical (unpaired) electrons. The lowest BCUT2D eigenvalue weighted by atomic mass is 9.74. The van der Waals surface area contributed by atoms with Crippen molar-refractivity contribution in [3.05, 3.63) is 185 Å². The van der Waals surface area contributed by atoms with E-state index in [-0.39, 0.29) is 5.41 Å². The average Bonchev–Trinajstić information content (AvgIpc) is 3.12. The van der Waals surface area contributed by atoms with E-state index in [1.54, 1.807) is 0 Å². The van der Waals surface area contributed by atoms with E-state index in [2.05, 4.69) is 166 Å². The van der Waals surface area contributed by atoms with Crippen molar-refractivity contribution in [2.24, 2.45) is 4.99 Å². The highest BCUT2D eigenvalue weighted by Crippen LogP contribution is 2.42. The Morgan fingerprint density at radius 2 is 1.21 bits per heavy atom. The predicted molar refractivity (Wildman–Crippen MR) is 183 cm³/mol. The molecule has 0 saturated heterocycles. The van der Waals surface area contributed by atoms with E-state index in [1.165, 1.54) is 50.1 Å². The summed E-state index contributed by atoms with van der Waals surface area (Å²) in [6, 6.07) is 48.0. The Morgan fingerprint density at radius 1 is 0.605 bits per heavy atom. The topological polar surface area (TPSA) is 12.4 Å². The maximum atomic E-state index is 5.39. The van der Waals surface area contributed by atoms with Crippen LogP contribution in [-0.4, -0.2) is 5.71 Å². The molecule has 1 atom stereocenters. The number of hydrogen-bond acceptors (Lipinski definition) is 1. The summed E-state index contributed by atoms with van der Waals surface area (Å²) >= 11 is 0. The Bertz CT molecular complexity index is 1910. The first-order chi connectivity index (χ1) is 21.1. The normalized spacial score (nSPS) is 19.7. The summed E-state index contributed by atoms with van der Waals surface area (Å²) in [7, 11) is 0. The van der Waals surface area contributed by atoms with Crippen LogP contribution >= 0.6 is 0 Å². The van der Waals surface area contributed by atoms with Crippen molar-refractivity contribution in [2.75, 3.05) is 0 Å². The molecule has 1 heteroatoms. The molecular formula is C42H35N. The third kappa shape index (κ3) is 5.24. The molecule has 43 heavy (non-hydrogen) atoms. The molecule has 1 unspecified atom stereocenters. The van der Waals surface area contributed by atoms with Crippen LogP contribution in [0.3, 0.4) is 0 Å². The maximum Gasteiger partial charge on any atom is 0.0746 e. The number of fused-ring (bicyclic) bond motifs is 3. The number of allylic oxidation sites excluding steroid dienone is 5. The molecule has 1 aliphatic heterocycles. The zero-order valence-electron chi connectivity index (χ0n) is 24.8.